The van der Waals surface area contributed by atoms with Crippen molar-refractivity contribution in [2.24, 2.45) is 0 Å². The number of benzene rings is 1. The van der Waals surface area contributed by atoms with Gasteiger partial charge in [-0.2, -0.15) is 0 Å². The summed E-state index contributed by atoms with van der Waals surface area (Å²) in [5, 5.41) is 38.3. The summed E-state index contributed by atoms with van der Waals surface area (Å²) in [5.74, 6) is -2.43. The second-order valence-corrected chi connectivity index (χ2v) is 7.01. The first-order valence-electron chi connectivity index (χ1n) is 7.50. The zero-order valence-corrected chi connectivity index (χ0v) is 15.4. The van der Waals surface area contributed by atoms with Gasteiger partial charge in [-0.1, -0.05) is 24.0 Å². The van der Waals surface area contributed by atoms with E-state index in [0.29, 0.717) is 0 Å². The molecule has 0 bridgehead atoms. The zero-order valence-electron chi connectivity index (χ0n) is 13.8. The highest BCUT2D eigenvalue weighted by Crippen LogP contribution is 2.43. The molecule has 1 fully saturated rings. The molecule has 1 aliphatic rings. The summed E-state index contributed by atoms with van der Waals surface area (Å²) in [7, 11) is 1.30. The number of aliphatic carboxylic acids is 1. The van der Waals surface area contributed by atoms with Crippen LogP contribution in [0.25, 0.3) is 6.08 Å². The van der Waals surface area contributed by atoms with Crippen molar-refractivity contribution >= 4 is 46.3 Å². The number of methoxy groups -OCH3 is 1. The van der Waals surface area contributed by atoms with Crippen LogP contribution in [0, 0.1) is 0 Å². The van der Waals surface area contributed by atoms with Crippen LogP contribution in [0.15, 0.2) is 11.0 Å². The van der Waals surface area contributed by atoms with Crippen molar-refractivity contribution in [1.29, 1.82) is 0 Å². The average Bonchev–Trinajstić information content (AvgIpc) is 2.86. The molecule has 2 rings (SSSR count). The number of carboxylic acids is 1. The van der Waals surface area contributed by atoms with Crippen LogP contribution in [0.3, 0.4) is 0 Å². The molecule has 1 amide bonds. The van der Waals surface area contributed by atoms with Gasteiger partial charge in [-0.3, -0.25) is 14.5 Å². The summed E-state index contributed by atoms with van der Waals surface area (Å²) in [5.41, 5.74) is 0.338. The van der Waals surface area contributed by atoms with E-state index in [1.54, 1.807) is 0 Å². The molecular weight excluding hydrogens is 382 g/mol. The zero-order chi connectivity index (χ0) is 19.4. The number of ether oxygens (including phenoxy) is 1. The minimum Gasteiger partial charge on any atom is -0.504 e. The molecule has 1 aromatic carbocycles. The number of hydrogen-bond donors (Lipinski definition) is 4. The van der Waals surface area contributed by atoms with Crippen LogP contribution in [-0.4, -0.2) is 55.2 Å². The SMILES string of the molecule is COc1cc(CO)c(C=C2SC(=S)N(CCCC(=O)O)C2=O)c(O)c1O. The van der Waals surface area contributed by atoms with E-state index in [-0.39, 0.29) is 45.5 Å². The van der Waals surface area contributed by atoms with Gasteiger partial charge in [-0.05, 0) is 24.1 Å². The van der Waals surface area contributed by atoms with Gasteiger partial charge in [0.25, 0.3) is 5.91 Å². The normalized spacial score (nSPS) is 15.8. The van der Waals surface area contributed by atoms with Gasteiger partial charge in [-0.25, -0.2) is 0 Å². The number of amides is 1. The molecule has 0 aliphatic carbocycles. The molecule has 1 aliphatic heterocycles. The van der Waals surface area contributed by atoms with Crippen LogP contribution >= 0.6 is 24.0 Å². The number of phenols is 2. The maximum absolute atomic E-state index is 12.5. The number of carbonyl (C=O) groups is 2. The van der Waals surface area contributed by atoms with Crippen LogP contribution in [0.5, 0.6) is 17.2 Å². The van der Waals surface area contributed by atoms with Crippen LogP contribution in [-0.2, 0) is 16.2 Å². The molecule has 0 aromatic heterocycles. The summed E-state index contributed by atoms with van der Waals surface area (Å²) in [4.78, 5) is 24.6. The Morgan fingerprint density at radius 3 is 2.65 bits per heavy atom. The number of phenolic OH excluding ortho intramolecular Hbond substituents is 2. The van der Waals surface area contributed by atoms with E-state index in [9.17, 15) is 24.9 Å². The summed E-state index contributed by atoms with van der Waals surface area (Å²) in [6.07, 6.45) is 1.50. The van der Waals surface area contributed by atoms with Crippen molar-refractivity contribution < 1.29 is 34.8 Å². The average molecular weight is 399 g/mol. The Labute approximate surface area is 158 Å². The second kappa shape index (κ2) is 8.39. The van der Waals surface area contributed by atoms with Gasteiger partial charge in [0.2, 0.25) is 5.75 Å². The van der Waals surface area contributed by atoms with Crippen molar-refractivity contribution in [2.75, 3.05) is 13.7 Å². The van der Waals surface area contributed by atoms with E-state index < -0.39 is 30.0 Å². The van der Waals surface area contributed by atoms with E-state index in [4.69, 9.17) is 22.1 Å². The number of aliphatic hydroxyl groups is 1. The number of rotatable bonds is 7. The minimum atomic E-state index is -0.961. The molecule has 10 heteroatoms. The molecule has 0 atom stereocenters. The fourth-order valence-electron chi connectivity index (χ4n) is 2.36. The van der Waals surface area contributed by atoms with Gasteiger partial charge in [0.1, 0.15) is 4.32 Å². The first-order valence-corrected chi connectivity index (χ1v) is 8.72. The molecule has 1 aromatic rings. The second-order valence-electron chi connectivity index (χ2n) is 5.34. The van der Waals surface area contributed by atoms with Crippen LogP contribution in [0.1, 0.15) is 24.0 Å². The summed E-state index contributed by atoms with van der Waals surface area (Å²) in [6, 6.07) is 1.36. The third-order valence-electron chi connectivity index (χ3n) is 3.68. The van der Waals surface area contributed by atoms with Gasteiger partial charge in [0.05, 0.1) is 18.6 Å². The van der Waals surface area contributed by atoms with E-state index in [1.165, 1.54) is 24.2 Å². The maximum atomic E-state index is 12.5. The summed E-state index contributed by atoms with van der Waals surface area (Å²) in [6.45, 7) is -0.282. The Bertz CT molecular complexity index is 791. The highest BCUT2D eigenvalue weighted by molar-refractivity contribution is 8.26. The monoisotopic (exact) mass is 399 g/mol. The molecule has 1 saturated heterocycles. The van der Waals surface area contributed by atoms with Crippen molar-refractivity contribution in [3.63, 3.8) is 0 Å². The highest BCUT2D eigenvalue weighted by atomic mass is 32.2. The lowest BCUT2D eigenvalue weighted by Gasteiger charge is -2.13. The maximum Gasteiger partial charge on any atom is 0.303 e. The Hall–Kier alpha value is -2.30. The molecule has 4 N–H and O–H groups in total. The van der Waals surface area contributed by atoms with Gasteiger partial charge in [0.15, 0.2) is 11.5 Å². The Morgan fingerprint density at radius 1 is 1.38 bits per heavy atom. The first kappa shape index (κ1) is 20.0. The Kier molecular flexibility index (Phi) is 6.46. The number of hydrogen-bond acceptors (Lipinski definition) is 8. The first-order chi connectivity index (χ1) is 12.3. The molecule has 140 valence electrons. The van der Waals surface area contributed by atoms with Crippen molar-refractivity contribution in [3.8, 4) is 17.2 Å². The van der Waals surface area contributed by atoms with E-state index in [2.05, 4.69) is 0 Å². The molecule has 0 saturated carbocycles. The van der Waals surface area contributed by atoms with Crippen molar-refractivity contribution in [1.82, 2.24) is 4.90 Å². The fraction of sp³-hybridized carbons (Fsp3) is 0.312. The lowest BCUT2D eigenvalue weighted by Crippen LogP contribution is -2.29. The van der Waals surface area contributed by atoms with Crippen LogP contribution < -0.4 is 4.74 Å². The standard InChI is InChI=1S/C16H17NO7S2/c1-24-10-5-8(7-18)9(13(21)14(10)22)6-11-15(23)17(16(25)26-11)4-2-3-12(19)20/h5-6,18,21-22H,2-4,7H2,1H3,(H,19,20). The molecule has 1 heterocycles. The van der Waals surface area contributed by atoms with Crippen LogP contribution in [0.4, 0.5) is 0 Å². The molecule has 0 radical (unpaired) electrons. The molecule has 26 heavy (non-hydrogen) atoms. The predicted octanol–water partition coefficient (Wildman–Crippen LogP) is 1.66. The van der Waals surface area contributed by atoms with Gasteiger partial charge >= 0.3 is 5.97 Å². The third-order valence-corrected chi connectivity index (χ3v) is 5.05. The Balaban J connectivity index is 2.33. The lowest BCUT2D eigenvalue weighted by atomic mass is 10.0. The number of carbonyl (C=O) groups excluding carboxylic acids is 1. The van der Waals surface area contributed by atoms with Gasteiger partial charge in [-0.15, -0.1) is 0 Å². The topological polar surface area (TPSA) is 128 Å². The highest BCUT2D eigenvalue weighted by Gasteiger charge is 2.32. The van der Waals surface area contributed by atoms with Crippen molar-refractivity contribution in [2.45, 2.75) is 19.4 Å². The number of aromatic hydroxyl groups is 2. The number of thiocarbonyl (C=S) groups is 1. The number of thioether (sulfide) groups is 1. The summed E-state index contributed by atoms with van der Waals surface area (Å²) < 4.78 is 5.19. The molecule has 0 unspecified atom stereocenters. The van der Waals surface area contributed by atoms with Crippen molar-refractivity contribution in [3.05, 3.63) is 22.1 Å². The van der Waals surface area contributed by atoms with Gasteiger partial charge < -0.3 is 25.2 Å². The largest absolute Gasteiger partial charge is 0.504 e. The summed E-state index contributed by atoms with van der Waals surface area (Å²) >= 11 is 6.14. The van der Waals surface area contributed by atoms with E-state index >= 15 is 0 Å². The molecular formula is C16H17NO7S2. The van der Waals surface area contributed by atoms with Gasteiger partial charge in [0, 0.05) is 18.5 Å². The predicted molar refractivity (Wildman–Crippen MR) is 99.0 cm³/mol. The van der Waals surface area contributed by atoms with E-state index in [1.807, 2.05) is 0 Å². The Morgan fingerprint density at radius 2 is 2.08 bits per heavy atom. The lowest BCUT2D eigenvalue weighted by molar-refractivity contribution is -0.137. The fourth-order valence-corrected chi connectivity index (χ4v) is 3.65. The van der Waals surface area contributed by atoms with E-state index in [0.717, 1.165) is 11.8 Å². The quantitative estimate of drug-likeness (QED) is 0.307. The minimum absolute atomic E-state index is 0.00933. The number of carboxylic acid groups (broad SMARTS) is 1. The third kappa shape index (κ3) is 4.09. The van der Waals surface area contributed by atoms with Crippen LogP contribution in [0.2, 0.25) is 0 Å². The number of aliphatic hydroxyl groups excluding tert-OH is 1. The molecule has 0 spiro atoms. The number of nitrogens with zero attached hydrogens (tertiary/aromatic N) is 1. The molecule has 8 nitrogen and oxygen atoms in total. The smallest absolute Gasteiger partial charge is 0.303 e.